The first-order chi connectivity index (χ1) is 20.8. The summed E-state index contributed by atoms with van der Waals surface area (Å²) in [5.74, 6) is 1.02. The first-order valence-electron chi connectivity index (χ1n) is 14.1. The van der Waals surface area contributed by atoms with Gasteiger partial charge in [-0.25, -0.2) is 0 Å². The van der Waals surface area contributed by atoms with Crippen LogP contribution in [-0.4, -0.2) is 20.4 Å². The summed E-state index contributed by atoms with van der Waals surface area (Å²) in [6.45, 7) is 0. The maximum absolute atomic E-state index is 4.48. The summed E-state index contributed by atoms with van der Waals surface area (Å²) in [7, 11) is 0. The molecule has 1 aromatic heterocycles. The highest BCUT2D eigenvalue weighted by atomic mass is 15.3. The van der Waals surface area contributed by atoms with Gasteiger partial charge in [-0.1, -0.05) is 121 Å². The number of aromatic nitrogens is 4. The lowest BCUT2D eigenvalue weighted by Crippen LogP contribution is -1.99. The second kappa shape index (κ2) is 8.88. The van der Waals surface area contributed by atoms with Gasteiger partial charge in [0.1, 0.15) is 0 Å². The second-order valence-electron chi connectivity index (χ2n) is 10.8. The number of fused-ring (bicyclic) bond motifs is 10. The van der Waals surface area contributed by atoms with Crippen LogP contribution in [0.3, 0.4) is 0 Å². The lowest BCUT2D eigenvalue weighted by atomic mass is 9.96. The highest BCUT2D eigenvalue weighted by Gasteiger charge is 2.11. The predicted molar refractivity (Wildman–Crippen MR) is 174 cm³/mol. The Labute approximate surface area is 240 Å². The van der Waals surface area contributed by atoms with Crippen LogP contribution in [0.25, 0.3) is 87.4 Å². The van der Waals surface area contributed by atoms with Crippen molar-refractivity contribution in [1.29, 1.82) is 0 Å². The molecule has 0 aliphatic rings. The van der Waals surface area contributed by atoms with E-state index in [2.05, 4.69) is 154 Å². The smallest absolute Gasteiger partial charge is 0.126 e. The molecular weight excluding hydrogens is 512 g/mol. The topological polar surface area (TPSA) is 51.6 Å². The predicted octanol–water partition coefficient (Wildman–Crippen LogP) is 9.52. The standard InChI is InChI=1S/C38H22N4/c1-3-7-29-23(5-1)9-17-35-31-15-13-27(21-25(31)11-19-33(29)35)37-39-41-38(42-40-37)28-14-16-32-26(22-28)12-20-34-30-8-4-2-6-24(30)10-18-36(32)34/h1-22H. The van der Waals surface area contributed by atoms with Crippen LogP contribution in [-0.2, 0) is 0 Å². The molecule has 9 rings (SSSR count). The van der Waals surface area contributed by atoms with Crippen LogP contribution < -0.4 is 0 Å². The van der Waals surface area contributed by atoms with Gasteiger partial charge in [0.2, 0.25) is 11.6 Å². The van der Waals surface area contributed by atoms with Gasteiger partial charge in [-0.3, -0.25) is 0 Å². The molecule has 0 saturated heterocycles. The van der Waals surface area contributed by atoms with E-state index in [1.807, 2.05) is 0 Å². The van der Waals surface area contributed by atoms with Gasteiger partial charge in [-0.2, -0.15) is 0 Å². The zero-order chi connectivity index (χ0) is 27.6. The first kappa shape index (κ1) is 23.0. The largest absolute Gasteiger partial charge is 0.203 e. The Balaban J connectivity index is 1.08. The Kier molecular flexibility index (Phi) is 4.87. The Bertz CT molecular complexity index is 2340. The third-order valence-electron chi connectivity index (χ3n) is 8.48. The van der Waals surface area contributed by atoms with Crippen molar-refractivity contribution in [3.8, 4) is 22.8 Å². The number of nitrogens with zero attached hydrogens (tertiary/aromatic N) is 4. The highest BCUT2D eigenvalue weighted by molar-refractivity contribution is 6.18. The van der Waals surface area contributed by atoms with Crippen LogP contribution in [0.2, 0.25) is 0 Å². The molecule has 0 spiro atoms. The molecule has 0 unspecified atom stereocenters. The minimum Gasteiger partial charge on any atom is -0.126 e. The van der Waals surface area contributed by atoms with Crippen molar-refractivity contribution >= 4 is 64.6 Å². The highest BCUT2D eigenvalue weighted by Crippen LogP contribution is 2.34. The van der Waals surface area contributed by atoms with Gasteiger partial charge >= 0.3 is 0 Å². The SMILES string of the molecule is c1ccc2c(c1)ccc1c3ccc(-c4nnc(-c5ccc6c(ccc7c8ccccc8ccc67)c5)nn4)cc3ccc21. The fourth-order valence-electron chi connectivity index (χ4n) is 6.40. The van der Waals surface area contributed by atoms with Crippen LogP contribution in [0.1, 0.15) is 0 Å². The third-order valence-corrected chi connectivity index (χ3v) is 8.48. The summed E-state index contributed by atoms with van der Waals surface area (Å²) in [5, 5.41) is 32.6. The normalized spacial score (nSPS) is 11.8. The van der Waals surface area contributed by atoms with Gasteiger partial charge < -0.3 is 0 Å². The lowest BCUT2D eigenvalue weighted by molar-refractivity contribution is 0.877. The minimum atomic E-state index is 0.512. The Morgan fingerprint density at radius 2 is 0.595 bits per heavy atom. The van der Waals surface area contributed by atoms with E-state index in [-0.39, 0.29) is 0 Å². The van der Waals surface area contributed by atoms with Crippen molar-refractivity contribution in [2.24, 2.45) is 0 Å². The quantitative estimate of drug-likeness (QED) is 0.207. The van der Waals surface area contributed by atoms with Gasteiger partial charge in [0.25, 0.3) is 0 Å². The number of rotatable bonds is 2. The number of hydrogen-bond acceptors (Lipinski definition) is 4. The van der Waals surface area contributed by atoms with E-state index < -0.39 is 0 Å². The van der Waals surface area contributed by atoms with Crippen molar-refractivity contribution in [3.05, 3.63) is 133 Å². The van der Waals surface area contributed by atoms with Crippen LogP contribution >= 0.6 is 0 Å². The molecule has 194 valence electrons. The molecule has 8 aromatic carbocycles. The molecule has 4 heteroatoms. The molecule has 0 bridgehead atoms. The molecule has 1 heterocycles. The van der Waals surface area contributed by atoms with Gasteiger partial charge in [0.15, 0.2) is 0 Å². The van der Waals surface area contributed by atoms with Crippen LogP contribution in [0.4, 0.5) is 0 Å². The number of hydrogen-bond donors (Lipinski definition) is 0. The average molecular weight is 535 g/mol. The van der Waals surface area contributed by atoms with Gasteiger partial charge in [-0.15, -0.1) is 20.4 Å². The summed E-state index contributed by atoms with van der Waals surface area (Å²) in [6, 6.07) is 47.2. The Hall–Kier alpha value is -5.74. The molecule has 4 nitrogen and oxygen atoms in total. The third kappa shape index (κ3) is 3.49. The second-order valence-corrected chi connectivity index (χ2v) is 10.8. The first-order valence-corrected chi connectivity index (χ1v) is 14.1. The fourth-order valence-corrected chi connectivity index (χ4v) is 6.40. The summed E-state index contributed by atoms with van der Waals surface area (Å²) < 4.78 is 0. The molecule has 0 fully saturated rings. The molecular formula is C38H22N4. The lowest BCUT2D eigenvalue weighted by Gasteiger charge is -2.09. The summed E-state index contributed by atoms with van der Waals surface area (Å²) in [6.07, 6.45) is 0. The molecule has 0 N–H and O–H groups in total. The van der Waals surface area contributed by atoms with Crippen molar-refractivity contribution in [3.63, 3.8) is 0 Å². The van der Waals surface area contributed by atoms with E-state index in [0.29, 0.717) is 11.6 Å². The minimum absolute atomic E-state index is 0.512. The zero-order valence-electron chi connectivity index (χ0n) is 22.5. The van der Waals surface area contributed by atoms with Gasteiger partial charge in [-0.05, 0) is 76.8 Å². The van der Waals surface area contributed by atoms with Crippen molar-refractivity contribution in [1.82, 2.24) is 20.4 Å². The maximum atomic E-state index is 4.48. The van der Waals surface area contributed by atoms with Gasteiger partial charge in [0.05, 0.1) is 0 Å². The van der Waals surface area contributed by atoms with E-state index in [4.69, 9.17) is 0 Å². The van der Waals surface area contributed by atoms with Crippen LogP contribution in [0, 0.1) is 0 Å². The Morgan fingerprint density at radius 1 is 0.262 bits per heavy atom. The van der Waals surface area contributed by atoms with Crippen molar-refractivity contribution < 1.29 is 0 Å². The van der Waals surface area contributed by atoms with E-state index in [1.165, 1.54) is 53.9 Å². The summed E-state index contributed by atoms with van der Waals surface area (Å²) in [4.78, 5) is 0. The summed E-state index contributed by atoms with van der Waals surface area (Å²) in [5.41, 5.74) is 1.79. The molecule has 0 radical (unpaired) electrons. The summed E-state index contributed by atoms with van der Waals surface area (Å²) >= 11 is 0. The molecule has 0 aliphatic carbocycles. The monoisotopic (exact) mass is 534 g/mol. The fraction of sp³-hybridized carbons (Fsp3) is 0. The van der Waals surface area contributed by atoms with E-state index in [1.54, 1.807) is 0 Å². The van der Waals surface area contributed by atoms with Crippen molar-refractivity contribution in [2.75, 3.05) is 0 Å². The molecule has 0 aliphatic heterocycles. The van der Waals surface area contributed by atoms with Crippen LogP contribution in [0.15, 0.2) is 133 Å². The van der Waals surface area contributed by atoms with E-state index in [9.17, 15) is 0 Å². The Morgan fingerprint density at radius 3 is 1.02 bits per heavy atom. The molecule has 0 atom stereocenters. The number of benzene rings is 8. The maximum Gasteiger partial charge on any atom is 0.203 e. The van der Waals surface area contributed by atoms with E-state index >= 15 is 0 Å². The average Bonchev–Trinajstić information content (AvgIpc) is 3.07. The zero-order valence-corrected chi connectivity index (χ0v) is 22.5. The van der Waals surface area contributed by atoms with E-state index in [0.717, 1.165) is 21.9 Å². The van der Waals surface area contributed by atoms with Crippen LogP contribution in [0.5, 0.6) is 0 Å². The molecule has 0 saturated carbocycles. The van der Waals surface area contributed by atoms with Crippen molar-refractivity contribution in [2.45, 2.75) is 0 Å². The molecule has 42 heavy (non-hydrogen) atoms. The van der Waals surface area contributed by atoms with Gasteiger partial charge in [0, 0.05) is 11.1 Å². The molecule has 9 aromatic rings. The molecule has 0 amide bonds.